The first-order valence-electron chi connectivity index (χ1n) is 9.95. The monoisotopic (exact) mass is 406 g/mol. The minimum Gasteiger partial charge on any atom is -0.390 e. The molecule has 1 unspecified atom stereocenters. The normalized spacial score (nSPS) is 34.6. The molecular weight excluding hydrogens is 368 g/mol. The first-order chi connectivity index (χ1) is 11.5. The molecular formula is C20H38O4S2. The molecule has 0 amide bonds. The molecule has 0 aromatic rings. The van der Waals surface area contributed by atoms with E-state index in [0.29, 0.717) is 12.4 Å². The van der Waals surface area contributed by atoms with Crippen LogP contribution in [0.5, 0.6) is 0 Å². The van der Waals surface area contributed by atoms with Crippen molar-refractivity contribution >= 4 is 32.8 Å². The fraction of sp³-hybridized carbons (Fsp3) is 0.950. The molecule has 4 nitrogen and oxygen atoms in total. The molecule has 4 rings (SSSR count). The fourth-order valence-corrected chi connectivity index (χ4v) is 5.15. The molecule has 3 atom stereocenters. The Morgan fingerprint density at radius 1 is 0.846 bits per heavy atom. The summed E-state index contributed by atoms with van der Waals surface area (Å²) < 4.78 is 10.9. The number of hydrogen-bond acceptors (Lipinski definition) is 4. The highest BCUT2D eigenvalue weighted by molar-refractivity contribution is 7.59. The maximum absolute atomic E-state index is 11.8. The van der Waals surface area contributed by atoms with E-state index in [1.807, 2.05) is 13.8 Å². The predicted octanol–water partition coefficient (Wildman–Crippen LogP) is 3.87. The van der Waals surface area contributed by atoms with Crippen molar-refractivity contribution in [3.63, 3.8) is 0 Å². The first kappa shape index (κ1) is 24.3. The molecule has 0 aromatic heterocycles. The average Bonchev–Trinajstić information content (AvgIpc) is 3.04. The molecule has 0 radical (unpaired) electrons. The zero-order valence-corrected chi connectivity index (χ0v) is 18.4. The van der Waals surface area contributed by atoms with Gasteiger partial charge in [0.15, 0.2) is 5.78 Å². The number of aliphatic hydroxyl groups is 1. The second-order valence-corrected chi connectivity index (χ2v) is 8.54. The largest absolute Gasteiger partial charge is 0.390 e. The van der Waals surface area contributed by atoms with Crippen molar-refractivity contribution in [2.45, 2.75) is 96.4 Å². The van der Waals surface area contributed by atoms with E-state index < -0.39 is 0 Å². The Hall–Kier alpha value is 0.250. The van der Waals surface area contributed by atoms with Gasteiger partial charge in [0.2, 0.25) is 0 Å². The maximum Gasteiger partial charge on any atom is 0.169 e. The molecule has 2 aliphatic heterocycles. The fourth-order valence-electron chi connectivity index (χ4n) is 5.15. The van der Waals surface area contributed by atoms with Gasteiger partial charge in [-0.05, 0) is 39.5 Å². The van der Waals surface area contributed by atoms with Crippen LogP contribution in [0.3, 0.4) is 0 Å². The van der Waals surface area contributed by atoms with E-state index in [1.54, 1.807) is 0 Å². The van der Waals surface area contributed by atoms with Gasteiger partial charge in [0.25, 0.3) is 0 Å². The van der Waals surface area contributed by atoms with E-state index >= 15 is 0 Å². The van der Waals surface area contributed by atoms with E-state index in [-0.39, 0.29) is 56.1 Å². The lowest BCUT2D eigenvalue weighted by molar-refractivity contribution is -0.128. The molecule has 6 heteroatoms. The van der Waals surface area contributed by atoms with Gasteiger partial charge >= 0.3 is 0 Å². The number of ether oxygens (including phenoxy) is 2. The van der Waals surface area contributed by atoms with Crippen LogP contribution in [0, 0.1) is 10.8 Å². The summed E-state index contributed by atoms with van der Waals surface area (Å²) in [6, 6.07) is 0. The summed E-state index contributed by atoms with van der Waals surface area (Å²) >= 11 is 0. The average molecular weight is 407 g/mol. The minimum atomic E-state index is -0.210. The van der Waals surface area contributed by atoms with E-state index in [9.17, 15) is 9.90 Å². The molecule has 1 N–H and O–H groups in total. The van der Waals surface area contributed by atoms with E-state index in [0.717, 1.165) is 19.4 Å². The van der Waals surface area contributed by atoms with Gasteiger partial charge in [-0.3, -0.25) is 4.79 Å². The summed E-state index contributed by atoms with van der Waals surface area (Å²) in [6.45, 7) is 5.34. The molecule has 2 aliphatic carbocycles. The van der Waals surface area contributed by atoms with Gasteiger partial charge in [-0.15, -0.1) is 0 Å². The Balaban J connectivity index is 0.000000241. The molecule has 2 heterocycles. The second kappa shape index (κ2) is 10.1. The molecule has 2 spiro atoms. The summed E-state index contributed by atoms with van der Waals surface area (Å²) in [6.07, 6.45) is 11.8. The SMILES string of the molecule is C[C@@H]1OCC2(CCCCC2)C1=O.C[C@@H]1OCC2(CCCCC2)C1O.S.S. The van der Waals surface area contributed by atoms with E-state index in [1.165, 1.54) is 51.4 Å². The number of Topliss-reactive ketones (excluding diaryl/α,β-unsaturated/α-hetero) is 1. The van der Waals surface area contributed by atoms with Crippen molar-refractivity contribution in [2.75, 3.05) is 13.2 Å². The molecule has 0 bridgehead atoms. The van der Waals surface area contributed by atoms with Crippen molar-refractivity contribution in [1.82, 2.24) is 0 Å². The van der Waals surface area contributed by atoms with Crippen LogP contribution < -0.4 is 0 Å². The van der Waals surface area contributed by atoms with Crippen LogP contribution in [-0.2, 0) is 14.3 Å². The van der Waals surface area contributed by atoms with Crippen molar-refractivity contribution in [2.24, 2.45) is 10.8 Å². The lowest BCUT2D eigenvalue weighted by Gasteiger charge is -2.35. The van der Waals surface area contributed by atoms with Gasteiger partial charge in [-0.25, -0.2) is 0 Å². The van der Waals surface area contributed by atoms with Crippen LogP contribution in [0.25, 0.3) is 0 Å². The number of ketones is 1. The zero-order valence-electron chi connectivity index (χ0n) is 16.4. The van der Waals surface area contributed by atoms with Crippen molar-refractivity contribution in [3.05, 3.63) is 0 Å². The molecule has 4 fully saturated rings. The minimum absolute atomic E-state index is 0. The molecule has 4 aliphatic rings. The van der Waals surface area contributed by atoms with Gasteiger partial charge < -0.3 is 14.6 Å². The molecule has 154 valence electrons. The van der Waals surface area contributed by atoms with Crippen molar-refractivity contribution in [1.29, 1.82) is 0 Å². The van der Waals surface area contributed by atoms with Crippen LogP contribution >= 0.6 is 27.0 Å². The summed E-state index contributed by atoms with van der Waals surface area (Å²) in [7, 11) is 0. The third-order valence-corrected chi connectivity index (χ3v) is 6.87. The van der Waals surface area contributed by atoms with E-state index in [2.05, 4.69) is 0 Å². The van der Waals surface area contributed by atoms with Crippen LogP contribution in [-0.4, -0.2) is 42.4 Å². The smallest absolute Gasteiger partial charge is 0.169 e. The van der Waals surface area contributed by atoms with Crippen molar-refractivity contribution in [3.8, 4) is 0 Å². The summed E-state index contributed by atoms with van der Waals surface area (Å²) in [5.74, 6) is 0.363. The van der Waals surface area contributed by atoms with Gasteiger partial charge in [0.1, 0.15) is 6.10 Å². The highest BCUT2D eigenvalue weighted by Crippen LogP contribution is 2.45. The molecule has 2 saturated heterocycles. The van der Waals surface area contributed by atoms with Gasteiger partial charge in [-0.2, -0.15) is 27.0 Å². The molecule has 0 aromatic carbocycles. The number of carbonyl (C=O) groups is 1. The van der Waals surface area contributed by atoms with Crippen LogP contribution in [0.4, 0.5) is 0 Å². The topological polar surface area (TPSA) is 55.8 Å². The quantitative estimate of drug-likeness (QED) is 0.663. The lowest BCUT2D eigenvalue weighted by atomic mass is 9.71. The third-order valence-electron chi connectivity index (χ3n) is 6.87. The highest BCUT2D eigenvalue weighted by Gasteiger charge is 2.48. The summed E-state index contributed by atoms with van der Waals surface area (Å²) in [4.78, 5) is 11.8. The molecule has 2 saturated carbocycles. The van der Waals surface area contributed by atoms with Crippen LogP contribution in [0.1, 0.15) is 78.1 Å². The standard InChI is InChI=1S/C10H18O2.C10H16O2.2H2S/c2*1-8-9(11)10(7-12-8)5-3-2-4-6-10;;/h8-9,11H,2-7H2,1H3;8H,2-7H2,1H3;2*1H2/t8-,9?;8-;;/m00../s1. The Morgan fingerprint density at radius 2 is 1.38 bits per heavy atom. The molecule has 26 heavy (non-hydrogen) atoms. The second-order valence-electron chi connectivity index (χ2n) is 8.54. The Morgan fingerprint density at radius 3 is 1.81 bits per heavy atom. The number of hydrogen-bond donors (Lipinski definition) is 1. The van der Waals surface area contributed by atoms with Gasteiger partial charge in [-0.1, -0.05) is 38.5 Å². The maximum atomic E-state index is 11.8. The van der Waals surface area contributed by atoms with Crippen LogP contribution in [0.15, 0.2) is 0 Å². The number of aliphatic hydroxyl groups excluding tert-OH is 1. The van der Waals surface area contributed by atoms with Gasteiger partial charge in [0.05, 0.1) is 30.8 Å². The Kier molecular flexibility index (Phi) is 9.48. The Bertz CT molecular complexity index is 434. The van der Waals surface area contributed by atoms with Crippen molar-refractivity contribution < 1.29 is 19.4 Å². The van der Waals surface area contributed by atoms with Crippen LogP contribution in [0.2, 0.25) is 0 Å². The lowest BCUT2D eigenvalue weighted by Crippen LogP contribution is -2.38. The summed E-state index contributed by atoms with van der Waals surface area (Å²) in [5, 5.41) is 9.95. The number of carbonyl (C=O) groups excluding carboxylic acids is 1. The van der Waals surface area contributed by atoms with E-state index in [4.69, 9.17) is 9.47 Å². The van der Waals surface area contributed by atoms with Gasteiger partial charge in [0, 0.05) is 5.41 Å². The first-order valence-corrected chi connectivity index (χ1v) is 9.95. The highest BCUT2D eigenvalue weighted by atomic mass is 32.1. The third kappa shape index (κ3) is 4.80. The predicted molar refractivity (Wildman–Crippen MR) is 114 cm³/mol. The number of rotatable bonds is 0. The Labute approximate surface area is 172 Å². The summed E-state index contributed by atoms with van der Waals surface area (Å²) in [5.41, 5.74) is 0.0787. The zero-order chi connectivity index (χ0) is 17.2.